The van der Waals surface area contributed by atoms with Crippen LogP contribution in [0.15, 0.2) is 0 Å². The Balaban J connectivity index is 4.08. The van der Waals surface area contributed by atoms with E-state index < -0.39 is 14.8 Å². The summed E-state index contributed by atoms with van der Waals surface area (Å²) in [6, 6.07) is 0.772. The minimum absolute atomic E-state index is 0.00987. The maximum atomic E-state index is 10.5. The van der Waals surface area contributed by atoms with Gasteiger partial charge >= 0.3 is 14.8 Å². The first-order valence-corrected chi connectivity index (χ1v) is 12.1. The molecular weight excluding hydrogens is 383 g/mol. The highest BCUT2D eigenvalue weighted by Gasteiger charge is 2.39. The maximum Gasteiger partial charge on any atom is 0.500 e. The Hall–Kier alpha value is 0.147. The molecular formula is C17H34Cl2O5Si. The van der Waals surface area contributed by atoms with Gasteiger partial charge in [-0.15, -0.1) is 23.2 Å². The van der Waals surface area contributed by atoms with E-state index in [0.717, 1.165) is 31.7 Å². The lowest BCUT2D eigenvalue weighted by Crippen LogP contribution is -2.46. The zero-order chi connectivity index (χ0) is 19.1. The Labute approximate surface area is 163 Å². The normalized spacial score (nSPS) is 14.4. The van der Waals surface area contributed by atoms with E-state index >= 15 is 0 Å². The summed E-state index contributed by atoms with van der Waals surface area (Å²) in [6.07, 6.45) is 4.89. The quantitative estimate of drug-likeness (QED) is 0.265. The van der Waals surface area contributed by atoms with E-state index in [0.29, 0.717) is 32.7 Å². The van der Waals surface area contributed by atoms with Crippen LogP contribution in [0.3, 0.4) is 0 Å². The maximum absolute atomic E-state index is 10.5. The van der Waals surface area contributed by atoms with Gasteiger partial charge in [0.25, 0.3) is 0 Å². The number of carboxylic acids is 1. The van der Waals surface area contributed by atoms with Crippen LogP contribution in [0.5, 0.6) is 0 Å². The molecule has 0 amide bonds. The molecule has 0 rings (SSSR count). The lowest BCUT2D eigenvalue weighted by Gasteiger charge is -2.28. The second-order valence-electron chi connectivity index (χ2n) is 5.93. The van der Waals surface area contributed by atoms with Gasteiger partial charge in [-0.1, -0.05) is 0 Å². The largest absolute Gasteiger partial charge is 0.500 e. The first-order chi connectivity index (χ1) is 11.9. The van der Waals surface area contributed by atoms with Gasteiger partial charge in [0.1, 0.15) is 0 Å². The Morgan fingerprint density at radius 2 is 1.32 bits per heavy atom. The molecule has 0 aliphatic rings. The van der Waals surface area contributed by atoms with Crippen molar-refractivity contribution in [2.75, 3.05) is 19.8 Å². The predicted molar refractivity (Wildman–Crippen MR) is 105 cm³/mol. The van der Waals surface area contributed by atoms with Crippen molar-refractivity contribution in [3.05, 3.63) is 0 Å². The van der Waals surface area contributed by atoms with Crippen molar-refractivity contribution >= 4 is 38.0 Å². The molecule has 0 saturated heterocycles. The van der Waals surface area contributed by atoms with Crippen molar-refractivity contribution < 1.29 is 23.2 Å². The molecule has 2 atom stereocenters. The third-order valence-corrected chi connectivity index (χ3v) is 7.82. The van der Waals surface area contributed by atoms with Crippen LogP contribution < -0.4 is 0 Å². The molecule has 0 saturated carbocycles. The fourth-order valence-corrected chi connectivity index (χ4v) is 5.87. The zero-order valence-corrected chi connectivity index (χ0v) is 18.3. The van der Waals surface area contributed by atoms with Crippen molar-refractivity contribution in [3.8, 4) is 0 Å². The highest BCUT2D eigenvalue weighted by Crippen LogP contribution is 2.24. The van der Waals surface area contributed by atoms with Crippen molar-refractivity contribution in [1.29, 1.82) is 0 Å². The number of halogens is 2. The van der Waals surface area contributed by atoms with Crippen molar-refractivity contribution in [2.24, 2.45) is 0 Å². The summed E-state index contributed by atoms with van der Waals surface area (Å²) in [7, 11) is -2.58. The summed E-state index contributed by atoms with van der Waals surface area (Å²) in [4.78, 5) is 10.5. The van der Waals surface area contributed by atoms with Crippen LogP contribution in [0.4, 0.5) is 0 Å². The van der Waals surface area contributed by atoms with E-state index in [1.807, 2.05) is 20.8 Å². The summed E-state index contributed by atoms with van der Waals surface area (Å²) in [5.74, 6) is -0.773. The highest BCUT2D eigenvalue weighted by atomic mass is 35.5. The smallest absolute Gasteiger partial charge is 0.481 e. The zero-order valence-electron chi connectivity index (χ0n) is 15.8. The monoisotopic (exact) mass is 416 g/mol. The highest BCUT2D eigenvalue weighted by molar-refractivity contribution is 6.60. The number of carboxylic acid groups (broad SMARTS) is 1. The van der Waals surface area contributed by atoms with E-state index in [2.05, 4.69) is 0 Å². The number of carbonyl (C=O) groups is 1. The van der Waals surface area contributed by atoms with Crippen molar-refractivity contribution in [2.45, 2.75) is 82.5 Å². The molecule has 0 fully saturated rings. The molecule has 2 unspecified atom stereocenters. The van der Waals surface area contributed by atoms with Gasteiger partial charge in [0.2, 0.25) is 0 Å². The second kappa shape index (κ2) is 15.2. The number of hydrogen-bond donors (Lipinski definition) is 1. The molecule has 5 nitrogen and oxygen atoms in total. The first kappa shape index (κ1) is 25.1. The fourth-order valence-electron chi connectivity index (χ4n) is 2.67. The minimum Gasteiger partial charge on any atom is -0.481 e. The average Bonchev–Trinajstić information content (AvgIpc) is 2.53. The molecule has 0 bridgehead atoms. The molecule has 0 radical (unpaired) electrons. The number of hydrogen-bond acceptors (Lipinski definition) is 4. The Bertz CT molecular complexity index is 330. The molecule has 0 aromatic rings. The Kier molecular flexibility index (Phi) is 15.3. The average molecular weight is 417 g/mol. The van der Waals surface area contributed by atoms with Gasteiger partial charge < -0.3 is 18.4 Å². The van der Waals surface area contributed by atoms with E-state index in [1.165, 1.54) is 0 Å². The van der Waals surface area contributed by atoms with E-state index in [-0.39, 0.29) is 17.2 Å². The fraction of sp³-hybridized carbons (Fsp3) is 0.941. The number of aliphatic carboxylic acids is 1. The van der Waals surface area contributed by atoms with Crippen LogP contribution in [-0.2, 0) is 18.1 Å². The molecule has 8 heteroatoms. The van der Waals surface area contributed by atoms with Crippen LogP contribution in [0.25, 0.3) is 0 Å². The molecule has 0 spiro atoms. The molecule has 1 N–H and O–H groups in total. The molecule has 0 aromatic heterocycles. The lowest BCUT2D eigenvalue weighted by atomic mass is 10.1. The molecule has 0 aliphatic carbocycles. The van der Waals surface area contributed by atoms with Gasteiger partial charge in [0.15, 0.2) is 0 Å². The lowest BCUT2D eigenvalue weighted by molar-refractivity contribution is -0.137. The van der Waals surface area contributed by atoms with Gasteiger partial charge in [0, 0.05) is 43.0 Å². The Morgan fingerprint density at radius 1 is 0.880 bits per heavy atom. The van der Waals surface area contributed by atoms with Gasteiger partial charge in [-0.25, -0.2) is 0 Å². The SMILES string of the molecule is CCO[Si](CCCC(Cl)CCC(Cl)CCCC(=O)O)(OCC)OCC. The van der Waals surface area contributed by atoms with Gasteiger partial charge in [-0.2, -0.15) is 0 Å². The summed E-state index contributed by atoms with van der Waals surface area (Å²) < 4.78 is 17.5. The first-order valence-electron chi connectivity index (χ1n) is 9.30. The number of rotatable bonds is 17. The predicted octanol–water partition coefficient (Wildman–Crippen LogP) is 5.06. The minimum atomic E-state index is -2.58. The van der Waals surface area contributed by atoms with Crippen molar-refractivity contribution in [3.63, 3.8) is 0 Å². The Morgan fingerprint density at radius 3 is 1.72 bits per heavy atom. The summed E-state index contributed by atoms with van der Waals surface area (Å²) in [5, 5.41) is 8.67. The topological polar surface area (TPSA) is 65.0 Å². The van der Waals surface area contributed by atoms with E-state index in [4.69, 9.17) is 41.6 Å². The number of alkyl halides is 2. The standard InChI is InChI=1S/C17H34Cl2O5Si/c1-4-22-25(23-5-2,24-6-3)14-8-10-16(19)13-12-15(18)9-7-11-17(20)21/h15-16H,4-14H2,1-3H3,(H,20,21). The van der Waals surface area contributed by atoms with Gasteiger partial charge in [-0.3, -0.25) is 4.79 Å². The van der Waals surface area contributed by atoms with Crippen LogP contribution in [-0.4, -0.2) is 50.5 Å². The van der Waals surface area contributed by atoms with Crippen LogP contribution in [0.2, 0.25) is 6.04 Å². The summed E-state index contributed by atoms with van der Waals surface area (Å²) >= 11 is 12.6. The second-order valence-corrected chi connectivity index (χ2v) is 9.90. The molecule has 0 aliphatic heterocycles. The van der Waals surface area contributed by atoms with E-state index in [9.17, 15) is 4.79 Å². The molecule has 25 heavy (non-hydrogen) atoms. The third kappa shape index (κ3) is 13.0. The van der Waals surface area contributed by atoms with Crippen LogP contribution in [0, 0.1) is 0 Å². The molecule has 150 valence electrons. The van der Waals surface area contributed by atoms with Crippen LogP contribution in [0.1, 0.15) is 65.7 Å². The summed E-state index contributed by atoms with van der Waals surface area (Å²) in [6.45, 7) is 7.61. The molecule has 0 heterocycles. The van der Waals surface area contributed by atoms with Crippen LogP contribution >= 0.6 is 23.2 Å². The summed E-state index contributed by atoms with van der Waals surface area (Å²) in [5.41, 5.74) is 0. The molecule has 0 aromatic carbocycles. The van der Waals surface area contributed by atoms with E-state index in [1.54, 1.807) is 0 Å². The van der Waals surface area contributed by atoms with Gasteiger partial charge in [0.05, 0.1) is 0 Å². The van der Waals surface area contributed by atoms with Crippen molar-refractivity contribution in [1.82, 2.24) is 0 Å². The van der Waals surface area contributed by atoms with Gasteiger partial charge in [-0.05, 0) is 59.3 Å². The third-order valence-electron chi connectivity index (χ3n) is 3.79.